The zero-order valence-corrected chi connectivity index (χ0v) is 16.2. The van der Waals surface area contributed by atoms with E-state index in [2.05, 4.69) is 23.3 Å². The lowest BCUT2D eigenvalue weighted by Gasteiger charge is -2.25. The van der Waals surface area contributed by atoms with Gasteiger partial charge in [0.25, 0.3) is 0 Å². The Hall–Kier alpha value is -3.47. The predicted molar refractivity (Wildman–Crippen MR) is 106 cm³/mol. The highest BCUT2D eigenvalue weighted by molar-refractivity contribution is 5.86. The topological polar surface area (TPSA) is 101 Å². The van der Waals surface area contributed by atoms with Crippen molar-refractivity contribution in [2.45, 2.75) is 19.4 Å². The number of benzene rings is 1. The summed E-state index contributed by atoms with van der Waals surface area (Å²) in [6.07, 6.45) is 2.01. The van der Waals surface area contributed by atoms with Crippen LogP contribution in [0.4, 0.5) is 5.82 Å². The van der Waals surface area contributed by atoms with Gasteiger partial charge in [-0.25, -0.2) is 4.68 Å². The molecule has 146 valence electrons. The van der Waals surface area contributed by atoms with Crippen LogP contribution in [0.2, 0.25) is 0 Å². The second-order valence-electron chi connectivity index (χ2n) is 6.45. The molecule has 28 heavy (non-hydrogen) atoms. The lowest BCUT2D eigenvalue weighted by molar-refractivity contribution is -0.116. The monoisotopic (exact) mass is 381 g/mol. The molecular formula is C20H23N5O3. The van der Waals surface area contributed by atoms with E-state index in [4.69, 9.17) is 14.6 Å². The highest BCUT2D eigenvalue weighted by atomic mass is 16.5. The van der Waals surface area contributed by atoms with Gasteiger partial charge in [0.15, 0.2) is 0 Å². The summed E-state index contributed by atoms with van der Waals surface area (Å²) in [6, 6.07) is 5.89. The molecule has 0 saturated heterocycles. The maximum Gasteiger partial charge on any atom is 0.243 e. The number of ether oxygens (including phenoxy) is 2. The summed E-state index contributed by atoms with van der Waals surface area (Å²) in [7, 11) is 3.18. The third kappa shape index (κ3) is 3.39. The molecule has 2 N–H and O–H groups in total. The lowest BCUT2D eigenvalue weighted by Crippen LogP contribution is -2.34. The van der Waals surface area contributed by atoms with Crippen molar-refractivity contribution in [3.63, 3.8) is 0 Å². The number of amides is 1. The first kappa shape index (κ1) is 19.3. The third-order valence-electron chi connectivity index (χ3n) is 4.86. The zero-order chi connectivity index (χ0) is 20.3. The van der Waals surface area contributed by atoms with E-state index >= 15 is 0 Å². The van der Waals surface area contributed by atoms with Crippen molar-refractivity contribution < 1.29 is 14.3 Å². The molecule has 1 aliphatic rings. The number of fused-ring (bicyclic) bond motifs is 1. The van der Waals surface area contributed by atoms with Crippen LogP contribution in [0, 0.1) is 18.3 Å². The molecule has 1 unspecified atom stereocenters. The van der Waals surface area contributed by atoms with E-state index in [1.807, 2.05) is 19.1 Å². The first-order valence-corrected chi connectivity index (χ1v) is 8.93. The van der Waals surface area contributed by atoms with Crippen molar-refractivity contribution in [2.75, 3.05) is 32.6 Å². The fourth-order valence-electron chi connectivity index (χ4n) is 3.36. The smallest absolute Gasteiger partial charge is 0.243 e. The maximum absolute atomic E-state index is 11.5. The molecule has 0 spiro atoms. The summed E-state index contributed by atoms with van der Waals surface area (Å²) in [4.78, 5) is 11.5. The molecule has 2 aromatic rings. The van der Waals surface area contributed by atoms with E-state index in [0.29, 0.717) is 41.7 Å². The number of rotatable bonds is 6. The van der Waals surface area contributed by atoms with Crippen LogP contribution in [0.3, 0.4) is 0 Å². The average Bonchev–Trinajstić information content (AvgIpc) is 3.11. The number of hydrogen-bond acceptors (Lipinski definition) is 6. The van der Waals surface area contributed by atoms with Crippen LogP contribution in [0.5, 0.6) is 11.5 Å². The zero-order valence-electron chi connectivity index (χ0n) is 16.2. The molecule has 0 fully saturated rings. The van der Waals surface area contributed by atoms with Crippen LogP contribution in [0.25, 0.3) is 11.3 Å². The van der Waals surface area contributed by atoms with Crippen molar-refractivity contribution in [2.24, 2.45) is 0 Å². The molecule has 1 aliphatic heterocycles. The largest absolute Gasteiger partial charge is 0.496 e. The highest BCUT2D eigenvalue weighted by Gasteiger charge is 2.28. The molecule has 0 radical (unpaired) electrons. The number of nitrogens with zero attached hydrogens (tertiary/aromatic N) is 3. The molecule has 1 amide bonds. The third-order valence-corrected chi connectivity index (χ3v) is 4.86. The van der Waals surface area contributed by atoms with Gasteiger partial charge in [0.2, 0.25) is 5.91 Å². The predicted octanol–water partition coefficient (Wildman–Crippen LogP) is 2.41. The molecule has 3 rings (SSSR count). The number of carbonyl (C=O) groups is 1. The molecule has 1 aromatic carbocycles. The van der Waals surface area contributed by atoms with Gasteiger partial charge >= 0.3 is 0 Å². The Kier molecular flexibility index (Phi) is 5.54. The Morgan fingerprint density at radius 3 is 2.71 bits per heavy atom. The first-order valence-electron chi connectivity index (χ1n) is 8.93. The Bertz CT molecular complexity index is 932. The summed E-state index contributed by atoms with van der Waals surface area (Å²) in [5, 5.41) is 20.5. The molecule has 1 aromatic heterocycles. The maximum atomic E-state index is 11.5. The van der Waals surface area contributed by atoms with Crippen LogP contribution in [-0.2, 0) is 4.79 Å². The highest BCUT2D eigenvalue weighted by Crippen LogP contribution is 2.38. The van der Waals surface area contributed by atoms with Crippen LogP contribution >= 0.6 is 0 Å². The molecule has 8 nitrogen and oxygen atoms in total. The van der Waals surface area contributed by atoms with E-state index in [1.165, 1.54) is 6.08 Å². The molecule has 0 aliphatic carbocycles. The van der Waals surface area contributed by atoms with Crippen molar-refractivity contribution in [1.29, 1.82) is 5.26 Å². The van der Waals surface area contributed by atoms with Crippen molar-refractivity contribution in [1.82, 2.24) is 15.1 Å². The van der Waals surface area contributed by atoms with Gasteiger partial charge < -0.3 is 20.1 Å². The van der Waals surface area contributed by atoms with Gasteiger partial charge in [0.1, 0.15) is 34.6 Å². The van der Waals surface area contributed by atoms with Gasteiger partial charge in [-0.05, 0) is 31.6 Å². The minimum Gasteiger partial charge on any atom is -0.496 e. The van der Waals surface area contributed by atoms with E-state index in [9.17, 15) is 10.1 Å². The van der Waals surface area contributed by atoms with E-state index in [1.54, 1.807) is 18.9 Å². The first-order chi connectivity index (χ1) is 13.5. The number of nitrogens with one attached hydrogen (secondary N) is 2. The lowest BCUT2D eigenvalue weighted by atomic mass is 10.0. The second-order valence-corrected chi connectivity index (χ2v) is 6.45. The van der Waals surface area contributed by atoms with Gasteiger partial charge in [-0.3, -0.25) is 4.79 Å². The normalized spacial score (nSPS) is 15.0. The number of hydrogen-bond donors (Lipinski definition) is 2. The fraction of sp³-hybridized carbons (Fsp3) is 0.350. The Labute approximate surface area is 163 Å². The quantitative estimate of drug-likeness (QED) is 0.745. The number of carbonyl (C=O) groups excluding carboxylic acids is 1. The van der Waals surface area contributed by atoms with Crippen molar-refractivity contribution >= 4 is 11.7 Å². The summed E-state index contributed by atoms with van der Waals surface area (Å²) < 4.78 is 12.7. The summed E-state index contributed by atoms with van der Waals surface area (Å²) in [6.45, 7) is 6.47. The number of anilines is 1. The van der Waals surface area contributed by atoms with Crippen molar-refractivity contribution in [3.05, 3.63) is 35.9 Å². The average molecular weight is 381 g/mol. The summed E-state index contributed by atoms with van der Waals surface area (Å²) in [5.74, 6) is 1.74. The van der Waals surface area contributed by atoms with Crippen molar-refractivity contribution in [3.8, 4) is 28.8 Å². The van der Waals surface area contributed by atoms with Gasteiger partial charge in [0.05, 0.1) is 20.3 Å². The molecule has 0 bridgehead atoms. The Balaban J connectivity index is 2.07. The minimum absolute atomic E-state index is 0.0600. The molecular weight excluding hydrogens is 358 g/mol. The number of aromatic nitrogens is 2. The van der Waals surface area contributed by atoms with Gasteiger partial charge in [-0.1, -0.05) is 6.58 Å². The van der Waals surface area contributed by atoms with E-state index < -0.39 is 0 Å². The molecule has 8 heteroatoms. The van der Waals surface area contributed by atoms with E-state index in [-0.39, 0.29) is 11.9 Å². The molecule has 1 atom stereocenters. The summed E-state index contributed by atoms with van der Waals surface area (Å²) >= 11 is 0. The molecule has 2 heterocycles. The van der Waals surface area contributed by atoms with E-state index in [0.717, 1.165) is 17.5 Å². The van der Waals surface area contributed by atoms with Gasteiger partial charge in [0, 0.05) is 24.2 Å². The number of nitriles is 1. The fourth-order valence-corrected chi connectivity index (χ4v) is 3.36. The Morgan fingerprint density at radius 2 is 2.14 bits per heavy atom. The second kappa shape index (κ2) is 8.05. The van der Waals surface area contributed by atoms with Gasteiger partial charge in [-0.15, -0.1) is 0 Å². The number of methoxy groups -OCH3 is 2. The van der Waals surface area contributed by atoms with Crippen LogP contribution in [-0.4, -0.2) is 43.0 Å². The standard InChI is InChI=1S/C20H23N5O3/c1-5-18(26)23-11-14-6-7-22-20-15(10-21)19(24-25(14)20)13-8-16(27-3)12(2)17(9-13)28-4/h5,8-9,14,22H,1,6-7,11H2,2-4H3,(H,23,26). The summed E-state index contributed by atoms with van der Waals surface area (Å²) in [5.41, 5.74) is 2.60. The van der Waals surface area contributed by atoms with Crippen LogP contribution < -0.4 is 20.1 Å². The van der Waals surface area contributed by atoms with Crippen LogP contribution in [0.15, 0.2) is 24.8 Å². The molecule has 0 saturated carbocycles. The van der Waals surface area contributed by atoms with Gasteiger partial charge in [-0.2, -0.15) is 10.4 Å². The minimum atomic E-state index is -0.235. The van der Waals surface area contributed by atoms with Crippen LogP contribution in [0.1, 0.15) is 23.6 Å². The Morgan fingerprint density at radius 1 is 1.46 bits per heavy atom. The SMILES string of the molecule is C=CC(=O)NCC1CCNc2c(C#N)c(-c3cc(OC)c(C)c(OC)c3)nn21.